The highest BCUT2D eigenvalue weighted by molar-refractivity contribution is 5.77. The van der Waals surface area contributed by atoms with Gasteiger partial charge in [0.2, 0.25) is 0 Å². The number of aromatic nitrogens is 1. The number of pyridine rings is 1. The van der Waals surface area contributed by atoms with Gasteiger partial charge in [0.15, 0.2) is 0 Å². The van der Waals surface area contributed by atoms with Crippen molar-refractivity contribution >= 4 is 11.0 Å². The first-order valence-electron chi connectivity index (χ1n) is 7.04. The third-order valence-electron chi connectivity index (χ3n) is 3.57. The van der Waals surface area contributed by atoms with Gasteiger partial charge in [-0.1, -0.05) is 24.3 Å². The fourth-order valence-corrected chi connectivity index (χ4v) is 2.31. The molecule has 3 aromatic rings. The summed E-state index contributed by atoms with van der Waals surface area (Å²) >= 11 is 0. The van der Waals surface area contributed by atoms with Crippen LogP contribution in [0.25, 0.3) is 11.0 Å². The lowest BCUT2D eigenvalue weighted by Gasteiger charge is -2.16. The molecule has 1 unspecified atom stereocenters. The van der Waals surface area contributed by atoms with Crippen LogP contribution in [0.4, 0.5) is 0 Å². The van der Waals surface area contributed by atoms with Gasteiger partial charge >= 0.3 is 0 Å². The third-order valence-corrected chi connectivity index (χ3v) is 3.57. The Morgan fingerprint density at radius 3 is 2.86 bits per heavy atom. The smallest absolute Gasteiger partial charge is 0.135 e. The van der Waals surface area contributed by atoms with Crippen molar-refractivity contribution in [3.05, 3.63) is 66.2 Å². The Morgan fingerprint density at radius 2 is 2.10 bits per heavy atom. The van der Waals surface area contributed by atoms with Gasteiger partial charge in [0, 0.05) is 30.4 Å². The average molecular weight is 282 g/mol. The highest BCUT2D eigenvalue weighted by Gasteiger charge is 2.14. The number of rotatable bonds is 5. The number of hydrogen-bond acceptors (Lipinski definition) is 4. The topological polar surface area (TPSA) is 58.3 Å². The molecular formula is C17H18N2O2. The van der Waals surface area contributed by atoms with Gasteiger partial charge in [0.1, 0.15) is 17.4 Å². The van der Waals surface area contributed by atoms with Gasteiger partial charge in [-0.2, -0.15) is 0 Å². The molecule has 2 N–H and O–H groups in total. The van der Waals surface area contributed by atoms with Crippen LogP contribution >= 0.6 is 0 Å². The maximum Gasteiger partial charge on any atom is 0.135 e. The molecule has 0 aliphatic heterocycles. The second-order valence-corrected chi connectivity index (χ2v) is 5.12. The summed E-state index contributed by atoms with van der Waals surface area (Å²) in [6.07, 6.45) is 2.90. The molecule has 0 saturated carbocycles. The minimum absolute atomic E-state index is 0.123. The van der Waals surface area contributed by atoms with Crippen LogP contribution < -0.4 is 5.32 Å². The van der Waals surface area contributed by atoms with Crippen LogP contribution in [0, 0.1) is 0 Å². The standard InChI is InChI=1S/C17H18N2O2/c1-12(14-6-4-8-18-10-14)19-11-15(20)17-9-13-5-2-3-7-16(13)21-17/h2-10,12,15,19-20H,11H2,1H3/t12?,15-/m1/s1. The van der Waals surface area contributed by atoms with Crippen LogP contribution in [-0.4, -0.2) is 16.6 Å². The molecule has 0 spiro atoms. The monoisotopic (exact) mass is 282 g/mol. The maximum atomic E-state index is 10.2. The third kappa shape index (κ3) is 3.12. The van der Waals surface area contributed by atoms with Gasteiger partial charge in [-0.25, -0.2) is 0 Å². The molecule has 0 aliphatic rings. The lowest BCUT2D eigenvalue weighted by molar-refractivity contribution is 0.146. The van der Waals surface area contributed by atoms with E-state index >= 15 is 0 Å². The fraction of sp³-hybridized carbons (Fsp3) is 0.235. The molecule has 2 aromatic heterocycles. The van der Waals surface area contributed by atoms with Crippen LogP contribution in [0.2, 0.25) is 0 Å². The molecule has 2 atom stereocenters. The highest BCUT2D eigenvalue weighted by atomic mass is 16.4. The fourth-order valence-electron chi connectivity index (χ4n) is 2.31. The maximum absolute atomic E-state index is 10.2. The molecule has 0 bridgehead atoms. The van der Waals surface area contributed by atoms with E-state index in [9.17, 15) is 5.11 Å². The predicted molar refractivity (Wildman–Crippen MR) is 81.8 cm³/mol. The molecule has 108 valence electrons. The van der Waals surface area contributed by atoms with Crippen LogP contribution in [0.1, 0.15) is 30.4 Å². The Kier molecular flexibility index (Phi) is 3.99. The van der Waals surface area contributed by atoms with E-state index in [-0.39, 0.29) is 6.04 Å². The van der Waals surface area contributed by atoms with Crippen molar-refractivity contribution < 1.29 is 9.52 Å². The van der Waals surface area contributed by atoms with E-state index in [1.165, 1.54) is 0 Å². The first kappa shape index (κ1) is 13.8. The van der Waals surface area contributed by atoms with Crippen LogP contribution in [0.15, 0.2) is 59.3 Å². The summed E-state index contributed by atoms with van der Waals surface area (Å²) in [7, 11) is 0. The molecule has 3 rings (SSSR count). The lowest BCUT2D eigenvalue weighted by atomic mass is 10.1. The zero-order valence-corrected chi connectivity index (χ0v) is 11.9. The number of nitrogens with one attached hydrogen (secondary N) is 1. The second-order valence-electron chi connectivity index (χ2n) is 5.12. The summed E-state index contributed by atoms with van der Waals surface area (Å²) in [5, 5.41) is 14.5. The summed E-state index contributed by atoms with van der Waals surface area (Å²) in [5.74, 6) is 0.585. The molecule has 4 heteroatoms. The van der Waals surface area contributed by atoms with Gasteiger partial charge in [0.05, 0.1) is 0 Å². The average Bonchev–Trinajstić information content (AvgIpc) is 2.97. The van der Waals surface area contributed by atoms with Crippen molar-refractivity contribution in [1.29, 1.82) is 0 Å². The number of aliphatic hydroxyl groups excluding tert-OH is 1. The predicted octanol–water partition coefficient (Wildman–Crippen LogP) is 3.21. The van der Waals surface area contributed by atoms with Crippen LogP contribution in [0.5, 0.6) is 0 Å². The zero-order valence-electron chi connectivity index (χ0n) is 11.9. The summed E-state index contributed by atoms with van der Waals surface area (Å²) in [6, 6.07) is 13.7. The molecule has 1 aromatic carbocycles. The Hall–Kier alpha value is -2.17. The van der Waals surface area contributed by atoms with E-state index in [0.29, 0.717) is 12.3 Å². The number of furan rings is 1. The van der Waals surface area contributed by atoms with E-state index in [0.717, 1.165) is 16.5 Å². The van der Waals surface area contributed by atoms with Crippen molar-refractivity contribution in [3.8, 4) is 0 Å². The zero-order chi connectivity index (χ0) is 14.7. The molecule has 2 heterocycles. The van der Waals surface area contributed by atoms with Crippen molar-refractivity contribution in [1.82, 2.24) is 10.3 Å². The molecule has 0 amide bonds. The number of hydrogen-bond donors (Lipinski definition) is 2. The number of aliphatic hydroxyl groups is 1. The largest absolute Gasteiger partial charge is 0.458 e. The lowest BCUT2D eigenvalue weighted by Crippen LogP contribution is -2.24. The molecule has 21 heavy (non-hydrogen) atoms. The SMILES string of the molecule is CC(NC[C@@H](O)c1cc2ccccc2o1)c1cccnc1. The van der Waals surface area contributed by atoms with Crippen molar-refractivity contribution in [2.45, 2.75) is 19.1 Å². The molecule has 4 nitrogen and oxygen atoms in total. The van der Waals surface area contributed by atoms with Crippen molar-refractivity contribution in [2.24, 2.45) is 0 Å². The summed E-state index contributed by atoms with van der Waals surface area (Å²) < 4.78 is 5.67. The summed E-state index contributed by atoms with van der Waals surface area (Å²) in [6.45, 7) is 2.47. The van der Waals surface area contributed by atoms with E-state index in [4.69, 9.17) is 4.42 Å². The van der Waals surface area contributed by atoms with Gasteiger partial charge in [-0.05, 0) is 30.7 Å². The van der Waals surface area contributed by atoms with Gasteiger partial charge < -0.3 is 14.8 Å². The van der Waals surface area contributed by atoms with Gasteiger partial charge in [-0.3, -0.25) is 4.98 Å². The minimum atomic E-state index is -0.670. The molecule has 0 fully saturated rings. The van der Waals surface area contributed by atoms with Crippen molar-refractivity contribution in [2.75, 3.05) is 6.54 Å². The molecule has 0 radical (unpaired) electrons. The number of benzene rings is 1. The second kappa shape index (κ2) is 6.08. The first-order valence-corrected chi connectivity index (χ1v) is 7.04. The van der Waals surface area contributed by atoms with E-state index in [1.807, 2.05) is 55.6 Å². The quantitative estimate of drug-likeness (QED) is 0.754. The highest BCUT2D eigenvalue weighted by Crippen LogP contribution is 2.23. The first-order chi connectivity index (χ1) is 10.2. The summed E-state index contributed by atoms with van der Waals surface area (Å²) in [5.41, 5.74) is 1.89. The number of para-hydroxylation sites is 1. The van der Waals surface area contributed by atoms with E-state index < -0.39 is 6.10 Å². The van der Waals surface area contributed by atoms with Crippen LogP contribution in [0.3, 0.4) is 0 Å². The Morgan fingerprint density at radius 1 is 1.24 bits per heavy atom. The normalized spacial score (nSPS) is 14.2. The Labute approximate surface area is 123 Å². The molecular weight excluding hydrogens is 264 g/mol. The van der Waals surface area contributed by atoms with Crippen molar-refractivity contribution in [3.63, 3.8) is 0 Å². The molecule has 0 aliphatic carbocycles. The van der Waals surface area contributed by atoms with E-state index in [1.54, 1.807) is 6.20 Å². The number of fused-ring (bicyclic) bond motifs is 1. The molecule has 0 saturated heterocycles. The Balaban J connectivity index is 1.65. The van der Waals surface area contributed by atoms with Gasteiger partial charge in [-0.15, -0.1) is 0 Å². The summed E-state index contributed by atoms with van der Waals surface area (Å²) in [4.78, 5) is 4.10. The Bertz CT molecular complexity index is 676. The van der Waals surface area contributed by atoms with Crippen LogP contribution in [-0.2, 0) is 0 Å². The minimum Gasteiger partial charge on any atom is -0.458 e. The van der Waals surface area contributed by atoms with E-state index in [2.05, 4.69) is 10.3 Å². The van der Waals surface area contributed by atoms with Gasteiger partial charge in [0.25, 0.3) is 0 Å². The number of nitrogens with zero attached hydrogens (tertiary/aromatic N) is 1.